The fourth-order valence-electron chi connectivity index (χ4n) is 3.09. The first-order valence-corrected chi connectivity index (χ1v) is 8.15. The van der Waals surface area contributed by atoms with E-state index >= 15 is 0 Å². The third-order valence-corrected chi connectivity index (χ3v) is 4.33. The van der Waals surface area contributed by atoms with Crippen LogP contribution in [0.5, 0.6) is 0 Å². The van der Waals surface area contributed by atoms with E-state index in [9.17, 15) is 14.4 Å². The van der Waals surface area contributed by atoms with Crippen LogP contribution < -0.4 is 5.32 Å². The Bertz CT molecular complexity index is 1070. The van der Waals surface area contributed by atoms with Gasteiger partial charge in [0.2, 0.25) is 5.91 Å². The average molecular weight is 345 g/mol. The number of carbonyl (C=O) groups excluding carboxylic acids is 3. The van der Waals surface area contributed by atoms with Crippen LogP contribution in [0.2, 0.25) is 0 Å². The number of nitrogens with zero attached hydrogens (tertiary/aromatic N) is 2. The highest BCUT2D eigenvalue weighted by Crippen LogP contribution is 2.24. The molecule has 0 saturated heterocycles. The second-order valence-corrected chi connectivity index (χ2v) is 6.17. The van der Waals surface area contributed by atoms with Crippen molar-refractivity contribution in [3.63, 3.8) is 0 Å². The van der Waals surface area contributed by atoms with Gasteiger partial charge >= 0.3 is 0 Å². The highest BCUT2D eigenvalue weighted by Gasteiger charge is 2.36. The van der Waals surface area contributed by atoms with Crippen molar-refractivity contribution in [2.24, 2.45) is 0 Å². The van der Waals surface area contributed by atoms with Crippen LogP contribution in [0.3, 0.4) is 0 Å². The molecule has 1 aliphatic heterocycles. The van der Waals surface area contributed by atoms with Crippen molar-refractivity contribution < 1.29 is 14.4 Å². The SMILES string of the molecule is Cc1ccc2c(c1)C(=O)N(CC(=O)Nc1cccc3cccnc13)C2=O. The van der Waals surface area contributed by atoms with E-state index in [1.807, 2.05) is 31.2 Å². The fraction of sp³-hybridized carbons (Fsp3) is 0.100. The molecular weight excluding hydrogens is 330 g/mol. The Labute approximate surface area is 149 Å². The van der Waals surface area contributed by atoms with Crippen LogP contribution in [0.25, 0.3) is 10.9 Å². The molecule has 1 aromatic heterocycles. The van der Waals surface area contributed by atoms with Crippen molar-refractivity contribution in [3.05, 3.63) is 71.4 Å². The van der Waals surface area contributed by atoms with Crippen molar-refractivity contribution in [1.82, 2.24) is 9.88 Å². The second kappa shape index (κ2) is 6.07. The van der Waals surface area contributed by atoms with Crippen molar-refractivity contribution in [3.8, 4) is 0 Å². The number of pyridine rings is 1. The molecule has 2 heterocycles. The zero-order valence-electron chi connectivity index (χ0n) is 14.0. The fourth-order valence-corrected chi connectivity index (χ4v) is 3.09. The number of benzene rings is 2. The summed E-state index contributed by atoms with van der Waals surface area (Å²) in [6.45, 7) is 1.51. The monoisotopic (exact) mass is 345 g/mol. The molecule has 0 aliphatic carbocycles. The molecule has 1 N–H and O–H groups in total. The van der Waals surface area contributed by atoms with E-state index < -0.39 is 17.7 Å². The summed E-state index contributed by atoms with van der Waals surface area (Å²) >= 11 is 0. The molecule has 26 heavy (non-hydrogen) atoms. The van der Waals surface area contributed by atoms with Crippen molar-refractivity contribution in [2.45, 2.75) is 6.92 Å². The lowest BCUT2D eigenvalue weighted by Gasteiger charge is -2.14. The third-order valence-electron chi connectivity index (χ3n) is 4.33. The minimum Gasteiger partial charge on any atom is -0.323 e. The Morgan fingerprint density at radius 2 is 1.81 bits per heavy atom. The van der Waals surface area contributed by atoms with Crippen LogP contribution in [0.1, 0.15) is 26.3 Å². The number of hydrogen-bond donors (Lipinski definition) is 1. The molecule has 0 saturated carbocycles. The van der Waals surface area contributed by atoms with Crippen molar-refractivity contribution >= 4 is 34.3 Å². The Balaban J connectivity index is 1.56. The first-order chi connectivity index (χ1) is 12.5. The number of aromatic nitrogens is 1. The zero-order chi connectivity index (χ0) is 18.3. The average Bonchev–Trinajstić information content (AvgIpc) is 2.86. The smallest absolute Gasteiger partial charge is 0.262 e. The summed E-state index contributed by atoms with van der Waals surface area (Å²) in [5.74, 6) is -1.34. The predicted molar refractivity (Wildman–Crippen MR) is 96.9 cm³/mol. The van der Waals surface area contributed by atoms with Crippen LogP contribution in [-0.4, -0.2) is 34.2 Å². The van der Waals surface area contributed by atoms with Gasteiger partial charge in [0, 0.05) is 11.6 Å². The summed E-state index contributed by atoms with van der Waals surface area (Å²) in [5, 5.41) is 3.63. The summed E-state index contributed by atoms with van der Waals surface area (Å²) in [6.07, 6.45) is 1.64. The Kier molecular flexibility index (Phi) is 3.73. The van der Waals surface area contributed by atoms with Gasteiger partial charge in [0.15, 0.2) is 0 Å². The topological polar surface area (TPSA) is 79.4 Å². The molecule has 6 heteroatoms. The number of imide groups is 1. The van der Waals surface area contributed by atoms with E-state index in [2.05, 4.69) is 10.3 Å². The summed E-state index contributed by atoms with van der Waals surface area (Å²) < 4.78 is 0. The van der Waals surface area contributed by atoms with Gasteiger partial charge < -0.3 is 5.32 Å². The van der Waals surface area contributed by atoms with Crippen molar-refractivity contribution in [2.75, 3.05) is 11.9 Å². The number of carbonyl (C=O) groups is 3. The first kappa shape index (κ1) is 16.0. The lowest BCUT2D eigenvalue weighted by Crippen LogP contribution is -2.37. The number of anilines is 1. The molecule has 3 amide bonds. The van der Waals surface area contributed by atoms with E-state index in [1.54, 1.807) is 30.5 Å². The Morgan fingerprint density at radius 1 is 1.04 bits per heavy atom. The molecule has 3 aromatic rings. The van der Waals surface area contributed by atoms with Gasteiger partial charge in [0.05, 0.1) is 22.3 Å². The molecular formula is C20H15N3O3. The lowest BCUT2D eigenvalue weighted by molar-refractivity contribution is -0.116. The Morgan fingerprint density at radius 3 is 2.65 bits per heavy atom. The van der Waals surface area contributed by atoms with Gasteiger partial charge in [-0.2, -0.15) is 0 Å². The zero-order valence-corrected chi connectivity index (χ0v) is 14.0. The van der Waals surface area contributed by atoms with Gasteiger partial charge in [0.1, 0.15) is 6.54 Å². The molecule has 0 unspecified atom stereocenters. The van der Waals surface area contributed by atoms with Gasteiger partial charge in [-0.05, 0) is 31.2 Å². The minimum absolute atomic E-state index is 0.334. The molecule has 1 aliphatic rings. The molecule has 0 fully saturated rings. The number of rotatable bonds is 3. The maximum absolute atomic E-state index is 12.5. The van der Waals surface area contributed by atoms with Crippen LogP contribution in [-0.2, 0) is 4.79 Å². The number of para-hydroxylation sites is 1. The Hall–Kier alpha value is -3.54. The largest absolute Gasteiger partial charge is 0.323 e. The summed E-state index contributed by atoms with van der Waals surface area (Å²) in [7, 11) is 0. The summed E-state index contributed by atoms with van der Waals surface area (Å²) in [6, 6.07) is 14.2. The van der Waals surface area contributed by atoms with E-state index in [0.717, 1.165) is 15.8 Å². The number of hydrogen-bond acceptors (Lipinski definition) is 4. The molecule has 128 valence electrons. The molecule has 0 bridgehead atoms. The van der Waals surface area contributed by atoms with Crippen LogP contribution in [0.4, 0.5) is 5.69 Å². The van der Waals surface area contributed by atoms with E-state index in [1.165, 1.54) is 0 Å². The van der Waals surface area contributed by atoms with Gasteiger partial charge in [-0.3, -0.25) is 24.3 Å². The number of aryl methyl sites for hydroxylation is 1. The second-order valence-electron chi connectivity index (χ2n) is 6.17. The summed E-state index contributed by atoms with van der Waals surface area (Å²) in [5.41, 5.74) is 2.76. The van der Waals surface area contributed by atoms with Crippen LogP contribution in [0.15, 0.2) is 54.7 Å². The van der Waals surface area contributed by atoms with Crippen molar-refractivity contribution in [1.29, 1.82) is 0 Å². The molecule has 4 rings (SSSR count). The lowest BCUT2D eigenvalue weighted by atomic mass is 10.1. The highest BCUT2D eigenvalue weighted by molar-refractivity contribution is 6.22. The minimum atomic E-state index is -0.450. The van der Waals surface area contributed by atoms with Crippen LogP contribution in [0, 0.1) is 6.92 Å². The van der Waals surface area contributed by atoms with E-state index in [-0.39, 0.29) is 6.54 Å². The quantitative estimate of drug-likeness (QED) is 0.740. The predicted octanol–water partition coefficient (Wildman–Crippen LogP) is 2.78. The first-order valence-electron chi connectivity index (χ1n) is 8.15. The number of amides is 3. The normalized spacial score (nSPS) is 13.2. The van der Waals surface area contributed by atoms with Crippen LogP contribution >= 0.6 is 0 Å². The molecule has 0 radical (unpaired) electrons. The third kappa shape index (κ3) is 2.61. The van der Waals surface area contributed by atoms with Gasteiger partial charge in [-0.1, -0.05) is 29.8 Å². The van der Waals surface area contributed by atoms with Gasteiger partial charge in [-0.15, -0.1) is 0 Å². The molecule has 0 spiro atoms. The maximum Gasteiger partial charge on any atom is 0.262 e. The molecule has 6 nitrogen and oxygen atoms in total. The van der Waals surface area contributed by atoms with Gasteiger partial charge in [0.25, 0.3) is 11.8 Å². The highest BCUT2D eigenvalue weighted by atomic mass is 16.2. The molecule has 2 aromatic carbocycles. The van der Waals surface area contributed by atoms with E-state index in [0.29, 0.717) is 22.3 Å². The van der Waals surface area contributed by atoms with E-state index in [4.69, 9.17) is 0 Å². The standard InChI is InChI=1S/C20H15N3O3/c1-12-7-8-14-15(10-12)20(26)23(19(14)25)11-17(24)22-16-6-2-4-13-5-3-9-21-18(13)16/h2-10H,11H2,1H3,(H,22,24). The van der Waals surface area contributed by atoms with Gasteiger partial charge in [-0.25, -0.2) is 0 Å². The number of nitrogens with one attached hydrogen (secondary N) is 1. The summed E-state index contributed by atoms with van der Waals surface area (Å²) in [4.78, 5) is 42.6. The number of fused-ring (bicyclic) bond motifs is 2. The molecule has 0 atom stereocenters. The maximum atomic E-state index is 12.5.